The van der Waals surface area contributed by atoms with E-state index < -0.39 is 10.0 Å². The lowest BCUT2D eigenvalue weighted by Gasteiger charge is -2.14. The lowest BCUT2D eigenvalue weighted by molar-refractivity contribution is 0.124. The van der Waals surface area contributed by atoms with Gasteiger partial charge in [-0.05, 0) is 6.92 Å². The molecule has 19 heavy (non-hydrogen) atoms. The van der Waals surface area contributed by atoms with E-state index in [1.54, 1.807) is 4.68 Å². The molecule has 1 aliphatic rings. The van der Waals surface area contributed by atoms with Crippen molar-refractivity contribution < 1.29 is 13.2 Å². The van der Waals surface area contributed by atoms with Crippen LogP contribution in [0.3, 0.4) is 0 Å². The van der Waals surface area contributed by atoms with Crippen molar-refractivity contribution in [1.29, 1.82) is 0 Å². The van der Waals surface area contributed by atoms with Gasteiger partial charge in [0.1, 0.15) is 4.90 Å². The minimum Gasteiger partial charge on any atom is -0.380 e. The fraction of sp³-hybridized carbons (Fsp3) is 0.727. The van der Waals surface area contributed by atoms with Crippen molar-refractivity contribution in [2.75, 3.05) is 32.8 Å². The van der Waals surface area contributed by atoms with E-state index in [-0.39, 0.29) is 10.8 Å². The highest BCUT2D eigenvalue weighted by atomic mass is 32.2. The van der Waals surface area contributed by atoms with Gasteiger partial charge in [-0.25, -0.2) is 13.1 Å². The van der Waals surface area contributed by atoms with Gasteiger partial charge in [0.05, 0.1) is 19.4 Å². The summed E-state index contributed by atoms with van der Waals surface area (Å²) in [4.78, 5) is 0.205. The fourth-order valence-corrected chi connectivity index (χ4v) is 2.93. The fourth-order valence-electron chi connectivity index (χ4n) is 1.86. The minimum atomic E-state index is -3.48. The summed E-state index contributed by atoms with van der Waals surface area (Å²) in [6.07, 6.45) is 2.90. The first-order valence-corrected chi connectivity index (χ1v) is 7.90. The quantitative estimate of drug-likeness (QED) is 0.757. The Morgan fingerprint density at radius 2 is 2.47 bits per heavy atom. The Morgan fingerprint density at radius 3 is 3.21 bits per heavy atom. The van der Waals surface area contributed by atoms with Crippen molar-refractivity contribution in [3.8, 4) is 0 Å². The van der Waals surface area contributed by atoms with Crippen LogP contribution in [0.4, 0.5) is 0 Å². The van der Waals surface area contributed by atoms with Gasteiger partial charge in [0.25, 0.3) is 0 Å². The van der Waals surface area contributed by atoms with E-state index in [0.717, 1.165) is 13.1 Å². The second-order valence-electron chi connectivity index (χ2n) is 4.53. The van der Waals surface area contributed by atoms with Gasteiger partial charge in [-0.3, -0.25) is 4.68 Å². The van der Waals surface area contributed by atoms with Crippen molar-refractivity contribution in [3.05, 3.63) is 12.4 Å². The number of rotatable bonds is 5. The molecule has 1 saturated heterocycles. The van der Waals surface area contributed by atoms with Crippen molar-refractivity contribution in [2.24, 2.45) is 5.92 Å². The highest BCUT2D eigenvalue weighted by Crippen LogP contribution is 2.08. The molecule has 8 heteroatoms. The highest BCUT2D eigenvalue weighted by Gasteiger charge is 2.19. The summed E-state index contributed by atoms with van der Waals surface area (Å²) in [5, 5.41) is 7.18. The maximum atomic E-state index is 12.1. The van der Waals surface area contributed by atoms with Crippen LogP contribution in [0.15, 0.2) is 17.3 Å². The van der Waals surface area contributed by atoms with Crippen molar-refractivity contribution in [2.45, 2.75) is 18.4 Å². The van der Waals surface area contributed by atoms with Gasteiger partial charge in [-0.1, -0.05) is 0 Å². The molecule has 0 aromatic carbocycles. The Bertz CT molecular complexity index is 492. The zero-order chi connectivity index (χ0) is 13.7. The molecule has 2 heterocycles. The van der Waals surface area contributed by atoms with Crippen LogP contribution in [0.1, 0.15) is 6.92 Å². The zero-order valence-electron chi connectivity index (χ0n) is 11.0. The molecule has 0 unspecified atom stereocenters. The van der Waals surface area contributed by atoms with Crippen LogP contribution in [0.25, 0.3) is 0 Å². The number of ether oxygens (including phenoxy) is 1. The summed E-state index contributed by atoms with van der Waals surface area (Å²) < 4.78 is 33.7. The Kier molecular flexibility index (Phi) is 4.92. The van der Waals surface area contributed by atoms with Crippen molar-refractivity contribution in [1.82, 2.24) is 19.8 Å². The Labute approximate surface area is 113 Å². The SMILES string of the molecule is CCn1cc(S(=O)(=O)NC[C@H]2CNCCOC2)cn1. The average molecular weight is 288 g/mol. The molecule has 1 fully saturated rings. The normalized spacial score (nSPS) is 21.2. The summed E-state index contributed by atoms with van der Waals surface area (Å²) in [6.45, 7) is 5.74. The molecule has 2 rings (SSSR count). The van der Waals surface area contributed by atoms with Gasteiger partial charge in [0, 0.05) is 38.3 Å². The lowest BCUT2D eigenvalue weighted by Crippen LogP contribution is -2.35. The van der Waals surface area contributed by atoms with Crippen molar-refractivity contribution >= 4 is 10.0 Å². The number of hydrogen-bond donors (Lipinski definition) is 2. The Hall–Kier alpha value is -0.960. The Balaban J connectivity index is 1.93. The molecule has 1 aliphatic heterocycles. The van der Waals surface area contributed by atoms with E-state index in [1.165, 1.54) is 12.4 Å². The average Bonchev–Trinajstić information content (AvgIpc) is 2.74. The minimum absolute atomic E-state index is 0.151. The molecule has 0 saturated carbocycles. The van der Waals surface area contributed by atoms with Gasteiger partial charge in [0.15, 0.2) is 0 Å². The van der Waals surface area contributed by atoms with Crippen LogP contribution in [0.5, 0.6) is 0 Å². The molecule has 108 valence electrons. The van der Waals surface area contributed by atoms with E-state index in [0.29, 0.717) is 26.3 Å². The van der Waals surface area contributed by atoms with Gasteiger partial charge in [-0.15, -0.1) is 0 Å². The number of nitrogens with zero attached hydrogens (tertiary/aromatic N) is 2. The van der Waals surface area contributed by atoms with Gasteiger partial charge in [-0.2, -0.15) is 5.10 Å². The first-order valence-electron chi connectivity index (χ1n) is 6.42. The zero-order valence-corrected chi connectivity index (χ0v) is 11.8. The molecule has 0 bridgehead atoms. The predicted octanol–water partition coefficient (Wildman–Crippen LogP) is -0.583. The van der Waals surface area contributed by atoms with Crippen molar-refractivity contribution in [3.63, 3.8) is 0 Å². The summed E-state index contributed by atoms with van der Waals surface area (Å²) in [5.74, 6) is 0.151. The van der Waals surface area contributed by atoms with E-state index >= 15 is 0 Å². The first-order chi connectivity index (χ1) is 9.12. The molecular formula is C11H20N4O3S. The van der Waals surface area contributed by atoms with E-state index in [1.807, 2.05) is 6.92 Å². The van der Waals surface area contributed by atoms with E-state index in [9.17, 15) is 8.42 Å². The number of hydrogen-bond acceptors (Lipinski definition) is 5. The van der Waals surface area contributed by atoms with Gasteiger partial charge in [0.2, 0.25) is 10.0 Å². The van der Waals surface area contributed by atoms with Crippen LogP contribution in [-0.4, -0.2) is 51.0 Å². The van der Waals surface area contributed by atoms with E-state index in [4.69, 9.17) is 4.74 Å². The molecule has 2 N–H and O–H groups in total. The standard InChI is InChI=1S/C11H20N4O3S/c1-2-15-8-11(7-13-15)19(16,17)14-6-10-5-12-3-4-18-9-10/h7-8,10,12,14H,2-6,9H2,1H3/t10-/m1/s1. The molecule has 1 aromatic rings. The highest BCUT2D eigenvalue weighted by molar-refractivity contribution is 7.89. The molecule has 0 spiro atoms. The second-order valence-corrected chi connectivity index (χ2v) is 6.30. The molecular weight excluding hydrogens is 268 g/mol. The van der Waals surface area contributed by atoms with Crippen LogP contribution < -0.4 is 10.0 Å². The molecule has 7 nitrogen and oxygen atoms in total. The topological polar surface area (TPSA) is 85.2 Å². The molecule has 1 aromatic heterocycles. The summed E-state index contributed by atoms with van der Waals surface area (Å²) in [6, 6.07) is 0. The predicted molar refractivity (Wildman–Crippen MR) is 70.3 cm³/mol. The third kappa shape index (κ3) is 4.00. The molecule has 0 aliphatic carbocycles. The molecule has 1 atom stereocenters. The number of aryl methyl sites for hydroxylation is 1. The van der Waals surface area contributed by atoms with Gasteiger partial charge >= 0.3 is 0 Å². The van der Waals surface area contributed by atoms with Crippen LogP contribution >= 0.6 is 0 Å². The largest absolute Gasteiger partial charge is 0.380 e. The third-order valence-corrected chi connectivity index (χ3v) is 4.39. The van der Waals surface area contributed by atoms with E-state index in [2.05, 4.69) is 15.1 Å². The monoisotopic (exact) mass is 288 g/mol. The number of aromatic nitrogens is 2. The third-order valence-electron chi connectivity index (χ3n) is 3.02. The molecule has 0 amide bonds. The summed E-state index contributed by atoms with van der Waals surface area (Å²) >= 11 is 0. The van der Waals surface area contributed by atoms with Gasteiger partial charge < -0.3 is 10.1 Å². The summed E-state index contributed by atoms with van der Waals surface area (Å²) in [7, 11) is -3.48. The second kappa shape index (κ2) is 6.47. The maximum absolute atomic E-state index is 12.1. The number of sulfonamides is 1. The molecule has 0 radical (unpaired) electrons. The smallest absolute Gasteiger partial charge is 0.243 e. The number of nitrogens with one attached hydrogen (secondary N) is 2. The Morgan fingerprint density at radius 1 is 1.63 bits per heavy atom. The lowest BCUT2D eigenvalue weighted by atomic mass is 10.2. The first kappa shape index (κ1) is 14.4. The maximum Gasteiger partial charge on any atom is 0.243 e. The summed E-state index contributed by atoms with van der Waals surface area (Å²) in [5.41, 5.74) is 0. The van der Waals surface area contributed by atoms with Crippen LogP contribution in [-0.2, 0) is 21.3 Å². The van der Waals surface area contributed by atoms with Crippen LogP contribution in [0, 0.1) is 5.92 Å². The van der Waals surface area contributed by atoms with Crippen LogP contribution in [0.2, 0.25) is 0 Å².